The Morgan fingerprint density at radius 2 is 2.58 bits per heavy atom. The third-order valence-corrected chi connectivity index (χ3v) is 2.10. The van der Waals surface area contributed by atoms with Crippen LogP contribution in [0.15, 0.2) is 11.6 Å². The SMILES string of the molecule is CCOC(=O)N(C)c1nccs1. The summed E-state index contributed by atoms with van der Waals surface area (Å²) >= 11 is 1.40. The normalized spacial score (nSPS) is 9.50. The van der Waals surface area contributed by atoms with E-state index in [1.807, 2.05) is 5.38 Å². The minimum absolute atomic E-state index is 0.368. The fraction of sp³-hybridized carbons (Fsp3) is 0.429. The number of hydrogen-bond acceptors (Lipinski definition) is 4. The Labute approximate surface area is 74.8 Å². The molecule has 0 aliphatic carbocycles. The number of amides is 1. The molecular formula is C7H10N2O2S. The van der Waals surface area contributed by atoms with Crippen molar-refractivity contribution in [2.24, 2.45) is 0 Å². The maximum Gasteiger partial charge on any atom is 0.415 e. The van der Waals surface area contributed by atoms with Gasteiger partial charge < -0.3 is 4.74 Å². The molecule has 0 saturated heterocycles. The predicted molar refractivity (Wildman–Crippen MR) is 47.5 cm³/mol. The number of thiazole rings is 1. The second-order valence-electron chi connectivity index (χ2n) is 2.07. The van der Waals surface area contributed by atoms with Crippen molar-refractivity contribution in [3.05, 3.63) is 11.6 Å². The van der Waals surface area contributed by atoms with Crippen molar-refractivity contribution in [2.75, 3.05) is 18.6 Å². The molecule has 5 heteroatoms. The Bertz CT molecular complexity index is 248. The van der Waals surface area contributed by atoms with Gasteiger partial charge in [-0.05, 0) is 6.92 Å². The first-order valence-electron chi connectivity index (χ1n) is 3.55. The Morgan fingerprint density at radius 3 is 3.08 bits per heavy atom. The molecule has 0 aliphatic rings. The molecule has 12 heavy (non-hydrogen) atoms. The maximum atomic E-state index is 11.1. The van der Waals surface area contributed by atoms with E-state index in [2.05, 4.69) is 4.98 Å². The average Bonchev–Trinajstić information content (AvgIpc) is 2.55. The summed E-state index contributed by atoms with van der Waals surface area (Å²) in [6.07, 6.45) is 1.28. The zero-order chi connectivity index (χ0) is 8.97. The van der Waals surface area contributed by atoms with Crippen molar-refractivity contribution in [2.45, 2.75) is 6.92 Å². The van der Waals surface area contributed by atoms with Gasteiger partial charge in [-0.2, -0.15) is 0 Å². The molecule has 0 radical (unpaired) electrons. The molecule has 66 valence electrons. The molecule has 1 amide bonds. The van der Waals surface area contributed by atoms with Crippen molar-refractivity contribution in [3.63, 3.8) is 0 Å². The van der Waals surface area contributed by atoms with Crippen molar-refractivity contribution < 1.29 is 9.53 Å². The Morgan fingerprint density at radius 1 is 1.83 bits per heavy atom. The van der Waals surface area contributed by atoms with E-state index in [0.717, 1.165) is 0 Å². The van der Waals surface area contributed by atoms with Gasteiger partial charge in [-0.25, -0.2) is 9.78 Å². The molecule has 0 atom stereocenters. The molecule has 0 N–H and O–H groups in total. The van der Waals surface area contributed by atoms with Crippen molar-refractivity contribution in [1.29, 1.82) is 0 Å². The van der Waals surface area contributed by atoms with E-state index in [1.54, 1.807) is 20.2 Å². The van der Waals surface area contributed by atoms with E-state index in [1.165, 1.54) is 16.2 Å². The number of carbonyl (C=O) groups is 1. The number of anilines is 1. The number of hydrogen-bond donors (Lipinski definition) is 0. The summed E-state index contributed by atoms with van der Waals surface area (Å²) in [6.45, 7) is 2.15. The van der Waals surface area contributed by atoms with Crippen molar-refractivity contribution in [3.8, 4) is 0 Å². The summed E-state index contributed by atoms with van der Waals surface area (Å²) in [4.78, 5) is 16.5. The van der Waals surface area contributed by atoms with Gasteiger partial charge in [0.2, 0.25) is 0 Å². The molecule has 1 aromatic heterocycles. The lowest BCUT2D eigenvalue weighted by Crippen LogP contribution is -2.26. The highest BCUT2D eigenvalue weighted by Gasteiger charge is 2.12. The highest BCUT2D eigenvalue weighted by Crippen LogP contribution is 2.15. The van der Waals surface area contributed by atoms with Crippen LogP contribution < -0.4 is 4.90 Å². The maximum absolute atomic E-state index is 11.1. The highest BCUT2D eigenvalue weighted by molar-refractivity contribution is 7.13. The number of nitrogens with zero attached hydrogens (tertiary/aromatic N) is 2. The first-order valence-corrected chi connectivity index (χ1v) is 4.43. The van der Waals surface area contributed by atoms with Crippen LogP contribution in [-0.4, -0.2) is 24.7 Å². The molecule has 0 spiro atoms. The average molecular weight is 186 g/mol. The summed E-state index contributed by atoms with van der Waals surface area (Å²) in [5, 5.41) is 2.46. The van der Waals surface area contributed by atoms with Crippen LogP contribution in [0.4, 0.5) is 9.93 Å². The Hall–Kier alpha value is -1.10. The summed E-state index contributed by atoms with van der Waals surface area (Å²) < 4.78 is 4.78. The smallest absolute Gasteiger partial charge is 0.415 e. The van der Waals surface area contributed by atoms with Gasteiger partial charge in [-0.1, -0.05) is 0 Å². The number of aromatic nitrogens is 1. The van der Waals surface area contributed by atoms with Gasteiger partial charge in [0.1, 0.15) is 0 Å². The fourth-order valence-electron chi connectivity index (χ4n) is 0.680. The third kappa shape index (κ3) is 1.94. The molecule has 1 heterocycles. The minimum atomic E-state index is -0.368. The summed E-state index contributed by atoms with van der Waals surface area (Å²) in [5.41, 5.74) is 0. The Kier molecular flexibility index (Phi) is 3.04. The Balaban J connectivity index is 2.59. The molecule has 4 nitrogen and oxygen atoms in total. The molecule has 0 bridgehead atoms. The van der Waals surface area contributed by atoms with Gasteiger partial charge in [0.05, 0.1) is 6.61 Å². The standard InChI is InChI=1S/C7H10N2O2S/c1-3-11-7(10)9(2)6-8-4-5-12-6/h4-5H,3H2,1-2H3. The number of rotatable bonds is 2. The first-order chi connectivity index (χ1) is 5.75. The zero-order valence-electron chi connectivity index (χ0n) is 6.98. The fourth-order valence-corrected chi connectivity index (χ4v) is 1.28. The second-order valence-corrected chi connectivity index (χ2v) is 2.95. The molecule has 0 saturated carbocycles. The lowest BCUT2D eigenvalue weighted by molar-refractivity contribution is 0.161. The third-order valence-electron chi connectivity index (χ3n) is 1.25. The highest BCUT2D eigenvalue weighted by atomic mass is 32.1. The van der Waals surface area contributed by atoms with Gasteiger partial charge in [-0.3, -0.25) is 4.90 Å². The van der Waals surface area contributed by atoms with Gasteiger partial charge in [0, 0.05) is 18.6 Å². The monoisotopic (exact) mass is 186 g/mol. The van der Waals surface area contributed by atoms with Gasteiger partial charge in [0.15, 0.2) is 5.13 Å². The number of carbonyl (C=O) groups excluding carboxylic acids is 1. The molecule has 1 rings (SSSR count). The van der Waals surface area contributed by atoms with Crippen LogP contribution in [-0.2, 0) is 4.74 Å². The van der Waals surface area contributed by atoms with Crippen LogP contribution in [0.1, 0.15) is 6.92 Å². The summed E-state index contributed by atoms with van der Waals surface area (Å²) in [7, 11) is 1.64. The quantitative estimate of drug-likeness (QED) is 0.706. The van der Waals surface area contributed by atoms with Crippen LogP contribution in [0, 0.1) is 0 Å². The second kappa shape index (κ2) is 4.06. The van der Waals surface area contributed by atoms with E-state index < -0.39 is 0 Å². The van der Waals surface area contributed by atoms with E-state index in [4.69, 9.17) is 4.74 Å². The molecule has 0 aliphatic heterocycles. The lowest BCUT2D eigenvalue weighted by Gasteiger charge is -2.12. The van der Waals surface area contributed by atoms with Crippen LogP contribution in [0.3, 0.4) is 0 Å². The van der Waals surface area contributed by atoms with Crippen LogP contribution in [0.25, 0.3) is 0 Å². The van der Waals surface area contributed by atoms with E-state index in [0.29, 0.717) is 11.7 Å². The molecule has 1 aromatic rings. The van der Waals surface area contributed by atoms with Crippen molar-refractivity contribution >= 4 is 22.6 Å². The number of ether oxygens (including phenoxy) is 1. The molecule has 0 aromatic carbocycles. The van der Waals surface area contributed by atoms with E-state index in [9.17, 15) is 4.79 Å². The van der Waals surface area contributed by atoms with Crippen molar-refractivity contribution in [1.82, 2.24) is 4.98 Å². The lowest BCUT2D eigenvalue weighted by atomic mass is 10.8. The summed E-state index contributed by atoms with van der Waals surface area (Å²) in [6, 6.07) is 0. The molecule has 0 fully saturated rings. The minimum Gasteiger partial charge on any atom is -0.449 e. The molecule has 0 unspecified atom stereocenters. The summed E-state index contributed by atoms with van der Waals surface area (Å²) in [5.74, 6) is 0. The molecular weight excluding hydrogens is 176 g/mol. The topological polar surface area (TPSA) is 42.4 Å². The van der Waals surface area contributed by atoms with Crippen LogP contribution in [0.2, 0.25) is 0 Å². The zero-order valence-corrected chi connectivity index (χ0v) is 7.80. The van der Waals surface area contributed by atoms with Crippen LogP contribution >= 0.6 is 11.3 Å². The predicted octanol–water partition coefficient (Wildman–Crippen LogP) is 1.74. The first kappa shape index (κ1) is 8.99. The van der Waals surface area contributed by atoms with Gasteiger partial charge in [0.25, 0.3) is 0 Å². The van der Waals surface area contributed by atoms with Crippen LogP contribution in [0.5, 0.6) is 0 Å². The van der Waals surface area contributed by atoms with Gasteiger partial charge >= 0.3 is 6.09 Å². The van der Waals surface area contributed by atoms with E-state index >= 15 is 0 Å². The largest absolute Gasteiger partial charge is 0.449 e. The van der Waals surface area contributed by atoms with Gasteiger partial charge in [-0.15, -0.1) is 11.3 Å². The van der Waals surface area contributed by atoms with E-state index in [-0.39, 0.29) is 6.09 Å².